The van der Waals surface area contributed by atoms with Crippen LogP contribution in [0.4, 0.5) is 5.82 Å². The Labute approximate surface area is 97.2 Å². The quantitative estimate of drug-likeness (QED) is 0.514. The van der Waals surface area contributed by atoms with Crippen molar-refractivity contribution in [3.63, 3.8) is 0 Å². The highest BCUT2D eigenvalue weighted by atomic mass is 35.5. The molecule has 0 amide bonds. The second-order valence-electron chi connectivity index (χ2n) is 3.50. The Morgan fingerprint density at radius 1 is 1.06 bits per heavy atom. The monoisotopic (exact) mass is 229 g/mol. The van der Waals surface area contributed by atoms with Crippen LogP contribution in [0.25, 0.3) is 21.8 Å². The van der Waals surface area contributed by atoms with Crippen LogP contribution in [0, 0.1) is 0 Å². The number of nitrogens with one attached hydrogen (secondary N) is 1. The summed E-state index contributed by atoms with van der Waals surface area (Å²) in [6, 6.07) is 11.7. The first-order chi connectivity index (χ1) is 7.88. The van der Waals surface area contributed by atoms with Gasteiger partial charge in [-0.2, -0.15) is 0 Å². The average molecular weight is 230 g/mol. The minimum atomic E-state index is 0.644. The Kier molecular flexibility index (Phi) is 2.11. The van der Waals surface area contributed by atoms with Gasteiger partial charge >= 0.3 is 0 Å². The Morgan fingerprint density at radius 3 is 2.81 bits per heavy atom. The topological polar surface area (TPSA) is 37.8 Å². The van der Waals surface area contributed by atoms with Crippen LogP contribution in [-0.4, -0.2) is 9.97 Å². The zero-order valence-electron chi connectivity index (χ0n) is 8.31. The largest absolute Gasteiger partial charge is 0.283 e. The third-order valence-electron chi connectivity index (χ3n) is 2.54. The van der Waals surface area contributed by atoms with Crippen molar-refractivity contribution in [2.75, 3.05) is 4.84 Å². The molecule has 1 N–H and O–H groups in total. The molecule has 0 unspecified atom stereocenters. The number of benzene rings is 1. The van der Waals surface area contributed by atoms with Crippen LogP contribution < -0.4 is 4.84 Å². The maximum absolute atomic E-state index is 5.55. The van der Waals surface area contributed by atoms with Gasteiger partial charge in [0.25, 0.3) is 0 Å². The molecule has 0 bridgehead atoms. The number of aromatic nitrogens is 2. The molecule has 0 aliphatic rings. The van der Waals surface area contributed by atoms with E-state index in [1.165, 1.54) is 0 Å². The van der Waals surface area contributed by atoms with Gasteiger partial charge in [0.15, 0.2) is 0 Å². The van der Waals surface area contributed by atoms with Crippen molar-refractivity contribution in [3.05, 3.63) is 42.6 Å². The third kappa shape index (κ3) is 1.37. The number of halogens is 1. The lowest BCUT2D eigenvalue weighted by molar-refractivity contribution is 1.39. The van der Waals surface area contributed by atoms with Crippen molar-refractivity contribution < 1.29 is 0 Å². The van der Waals surface area contributed by atoms with Crippen molar-refractivity contribution in [2.45, 2.75) is 0 Å². The van der Waals surface area contributed by atoms with Crippen molar-refractivity contribution >= 4 is 39.4 Å². The van der Waals surface area contributed by atoms with Gasteiger partial charge in [-0.15, -0.1) is 0 Å². The molecule has 3 nitrogen and oxygen atoms in total. The van der Waals surface area contributed by atoms with Crippen LogP contribution >= 0.6 is 11.8 Å². The number of hydrogen-bond acceptors (Lipinski definition) is 3. The van der Waals surface area contributed by atoms with E-state index in [9.17, 15) is 0 Å². The van der Waals surface area contributed by atoms with Crippen LogP contribution in [0.5, 0.6) is 0 Å². The van der Waals surface area contributed by atoms with Crippen LogP contribution in [0.15, 0.2) is 42.6 Å². The summed E-state index contributed by atoms with van der Waals surface area (Å²) >= 11 is 5.55. The van der Waals surface area contributed by atoms with Crippen molar-refractivity contribution in [1.29, 1.82) is 0 Å². The number of hydrogen-bond donors (Lipinski definition) is 1. The highest BCUT2D eigenvalue weighted by Gasteiger charge is 2.02. The molecule has 0 aliphatic carbocycles. The molecule has 0 radical (unpaired) electrons. The fourth-order valence-electron chi connectivity index (χ4n) is 1.79. The van der Waals surface area contributed by atoms with Crippen molar-refractivity contribution in [3.8, 4) is 0 Å². The molecule has 1 aromatic carbocycles. The number of fused-ring (bicyclic) bond motifs is 3. The molecule has 0 spiro atoms. The van der Waals surface area contributed by atoms with Crippen molar-refractivity contribution in [2.24, 2.45) is 0 Å². The van der Waals surface area contributed by atoms with E-state index in [2.05, 4.69) is 14.8 Å². The SMILES string of the molecule is ClNc1ccc2ccc3ncccc3c2n1. The predicted molar refractivity (Wildman–Crippen MR) is 66.5 cm³/mol. The summed E-state index contributed by atoms with van der Waals surface area (Å²) in [5.41, 5.74) is 1.85. The number of anilines is 1. The van der Waals surface area contributed by atoms with E-state index in [1.54, 1.807) is 6.20 Å². The van der Waals surface area contributed by atoms with E-state index in [-0.39, 0.29) is 0 Å². The zero-order chi connectivity index (χ0) is 11.0. The summed E-state index contributed by atoms with van der Waals surface area (Å²) in [5, 5.41) is 2.12. The van der Waals surface area contributed by atoms with Gasteiger partial charge in [0.2, 0.25) is 0 Å². The van der Waals surface area contributed by atoms with Gasteiger partial charge in [-0.25, -0.2) is 4.98 Å². The number of pyridine rings is 2. The lowest BCUT2D eigenvalue weighted by atomic mass is 10.1. The highest BCUT2D eigenvalue weighted by Crippen LogP contribution is 2.23. The Hall–Kier alpha value is -1.87. The van der Waals surface area contributed by atoms with E-state index in [0.29, 0.717) is 5.82 Å². The van der Waals surface area contributed by atoms with Gasteiger partial charge in [-0.05, 0) is 30.3 Å². The molecule has 3 rings (SSSR count). The van der Waals surface area contributed by atoms with Gasteiger partial charge in [0.1, 0.15) is 5.82 Å². The van der Waals surface area contributed by atoms with Gasteiger partial charge in [0.05, 0.1) is 11.0 Å². The molecule has 2 heterocycles. The van der Waals surface area contributed by atoms with Crippen LogP contribution in [0.3, 0.4) is 0 Å². The summed E-state index contributed by atoms with van der Waals surface area (Å²) in [6.07, 6.45) is 1.78. The van der Waals surface area contributed by atoms with E-state index in [1.807, 2.05) is 36.4 Å². The summed E-state index contributed by atoms with van der Waals surface area (Å²) in [7, 11) is 0. The second kappa shape index (κ2) is 3.61. The van der Waals surface area contributed by atoms with Crippen molar-refractivity contribution in [1.82, 2.24) is 9.97 Å². The van der Waals surface area contributed by atoms with Gasteiger partial charge in [-0.3, -0.25) is 9.82 Å². The molecule has 78 valence electrons. The van der Waals surface area contributed by atoms with Gasteiger partial charge in [0, 0.05) is 28.7 Å². The molecule has 16 heavy (non-hydrogen) atoms. The molecule has 0 atom stereocenters. The summed E-state index contributed by atoms with van der Waals surface area (Å²) in [5.74, 6) is 0.644. The zero-order valence-corrected chi connectivity index (χ0v) is 9.07. The number of nitrogens with zero attached hydrogens (tertiary/aromatic N) is 2. The molecular formula is C12H8ClN3. The van der Waals surface area contributed by atoms with E-state index in [4.69, 9.17) is 11.8 Å². The second-order valence-corrected chi connectivity index (χ2v) is 3.69. The van der Waals surface area contributed by atoms with Gasteiger partial charge in [-0.1, -0.05) is 6.07 Å². The van der Waals surface area contributed by atoms with E-state index >= 15 is 0 Å². The lowest BCUT2D eigenvalue weighted by Gasteiger charge is -2.03. The standard InChI is InChI=1S/C12H8ClN3/c13-16-11-6-4-8-3-5-10-9(12(8)15-11)2-1-7-14-10/h1-7H,(H,15,16). The molecule has 0 saturated carbocycles. The normalized spacial score (nSPS) is 10.8. The molecule has 2 aromatic heterocycles. The molecule has 0 aliphatic heterocycles. The summed E-state index contributed by atoms with van der Waals surface area (Å²) in [4.78, 5) is 11.3. The minimum Gasteiger partial charge on any atom is -0.283 e. The summed E-state index contributed by atoms with van der Waals surface area (Å²) < 4.78 is 0. The van der Waals surface area contributed by atoms with Crippen LogP contribution in [0.1, 0.15) is 0 Å². The Balaban J connectivity index is 2.47. The fraction of sp³-hybridized carbons (Fsp3) is 0. The molecule has 0 saturated heterocycles. The maximum Gasteiger partial charge on any atom is 0.141 e. The predicted octanol–water partition coefficient (Wildman–Crippen LogP) is 3.35. The first-order valence-corrected chi connectivity index (χ1v) is 5.27. The molecule has 4 heteroatoms. The van der Waals surface area contributed by atoms with E-state index in [0.717, 1.165) is 21.8 Å². The Morgan fingerprint density at radius 2 is 1.94 bits per heavy atom. The average Bonchev–Trinajstić information content (AvgIpc) is 2.38. The molecule has 3 aromatic rings. The lowest BCUT2D eigenvalue weighted by Crippen LogP contribution is -1.88. The third-order valence-corrected chi connectivity index (χ3v) is 2.73. The number of rotatable bonds is 1. The highest BCUT2D eigenvalue weighted by molar-refractivity contribution is 6.23. The molecular weight excluding hydrogens is 222 g/mol. The van der Waals surface area contributed by atoms with Crippen LogP contribution in [0.2, 0.25) is 0 Å². The first-order valence-electron chi connectivity index (χ1n) is 4.89. The van der Waals surface area contributed by atoms with Gasteiger partial charge < -0.3 is 0 Å². The minimum absolute atomic E-state index is 0.644. The Bertz CT molecular complexity index is 667. The molecule has 0 fully saturated rings. The fourth-order valence-corrected chi connectivity index (χ4v) is 1.90. The first kappa shape index (κ1) is 9.36. The van der Waals surface area contributed by atoms with Crippen LogP contribution in [-0.2, 0) is 0 Å². The smallest absolute Gasteiger partial charge is 0.141 e. The van der Waals surface area contributed by atoms with E-state index < -0.39 is 0 Å². The summed E-state index contributed by atoms with van der Waals surface area (Å²) in [6.45, 7) is 0. The maximum atomic E-state index is 5.55.